The zero-order valence-electron chi connectivity index (χ0n) is 14.0. The van der Waals surface area contributed by atoms with E-state index in [1.54, 1.807) is 17.0 Å². The first-order valence-electron chi connectivity index (χ1n) is 8.03. The first-order valence-corrected chi connectivity index (χ1v) is 9.51. The Hall–Kier alpha value is -1.64. The van der Waals surface area contributed by atoms with Gasteiger partial charge >= 0.3 is 0 Å². The molecule has 1 aromatic rings. The van der Waals surface area contributed by atoms with Crippen molar-refractivity contribution >= 4 is 15.9 Å². The summed E-state index contributed by atoms with van der Waals surface area (Å²) in [6.07, 6.45) is 0.712. The minimum Gasteiger partial charge on any atom is -0.484 e. The first-order chi connectivity index (χ1) is 11.4. The molecular formula is C16H24N2O5S. The van der Waals surface area contributed by atoms with Crippen LogP contribution in [-0.4, -0.2) is 58.2 Å². The van der Waals surface area contributed by atoms with Crippen LogP contribution < -0.4 is 9.46 Å². The van der Waals surface area contributed by atoms with Crippen molar-refractivity contribution in [3.05, 3.63) is 24.3 Å². The van der Waals surface area contributed by atoms with Crippen molar-refractivity contribution in [2.45, 2.75) is 31.2 Å². The van der Waals surface area contributed by atoms with Crippen molar-refractivity contribution in [2.24, 2.45) is 0 Å². The lowest BCUT2D eigenvalue weighted by atomic mass is 10.3. The molecule has 0 bridgehead atoms. The third-order valence-corrected chi connectivity index (χ3v) is 5.43. The van der Waals surface area contributed by atoms with Crippen LogP contribution in [0.25, 0.3) is 0 Å². The molecule has 2 rings (SSSR count). The molecule has 1 aliphatic heterocycles. The fourth-order valence-electron chi connectivity index (χ4n) is 2.18. The lowest BCUT2D eigenvalue weighted by Crippen LogP contribution is -2.42. The molecule has 8 heteroatoms. The van der Waals surface area contributed by atoms with Crippen LogP contribution in [0.4, 0.5) is 0 Å². The first kappa shape index (κ1) is 18.7. The molecule has 1 N–H and O–H groups in total. The summed E-state index contributed by atoms with van der Waals surface area (Å²) in [5, 5.41) is 0. The van der Waals surface area contributed by atoms with Gasteiger partial charge in [-0.05, 0) is 37.6 Å². The van der Waals surface area contributed by atoms with E-state index in [4.69, 9.17) is 9.47 Å². The van der Waals surface area contributed by atoms with Gasteiger partial charge in [-0.15, -0.1) is 0 Å². The molecule has 1 aromatic carbocycles. The SMILES string of the molecule is CC[C@H](C)NS(=O)(=O)c1ccc(OCC(=O)N2CCOCC2)cc1. The lowest BCUT2D eigenvalue weighted by Gasteiger charge is -2.26. The Morgan fingerprint density at radius 3 is 2.50 bits per heavy atom. The number of carbonyl (C=O) groups is 1. The molecule has 1 fully saturated rings. The quantitative estimate of drug-likeness (QED) is 0.788. The number of benzene rings is 1. The number of morpholine rings is 1. The second kappa shape index (κ2) is 8.46. The van der Waals surface area contributed by atoms with E-state index in [0.717, 1.165) is 0 Å². The van der Waals surface area contributed by atoms with E-state index in [1.165, 1.54) is 12.1 Å². The van der Waals surface area contributed by atoms with E-state index in [0.29, 0.717) is 38.5 Å². The number of amides is 1. The summed E-state index contributed by atoms with van der Waals surface area (Å²) in [5.41, 5.74) is 0. The standard InChI is InChI=1S/C16H24N2O5S/c1-3-13(2)17-24(20,21)15-6-4-14(5-7-15)23-12-16(19)18-8-10-22-11-9-18/h4-7,13,17H,3,8-12H2,1-2H3/t13-/m0/s1. The maximum absolute atomic E-state index is 12.2. The van der Waals surface area contributed by atoms with Crippen molar-refractivity contribution in [2.75, 3.05) is 32.9 Å². The molecule has 0 aromatic heterocycles. The number of hydrogen-bond donors (Lipinski definition) is 1. The van der Waals surface area contributed by atoms with Crippen LogP contribution in [0.3, 0.4) is 0 Å². The maximum atomic E-state index is 12.2. The minimum absolute atomic E-state index is 0.0722. The molecule has 7 nitrogen and oxygen atoms in total. The number of sulfonamides is 1. The molecule has 1 atom stereocenters. The Labute approximate surface area is 143 Å². The van der Waals surface area contributed by atoms with E-state index < -0.39 is 10.0 Å². The Balaban J connectivity index is 1.91. The van der Waals surface area contributed by atoms with Crippen molar-refractivity contribution < 1.29 is 22.7 Å². The zero-order chi connectivity index (χ0) is 17.6. The highest BCUT2D eigenvalue weighted by molar-refractivity contribution is 7.89. The molecular weight excluding hydrogens is 332 g/mol. The molecule has 1 saturated heterocycles. The molecule has 24 heavy (non-hydrogen) atoms. The number of ether oxygens (including phenoxy) is 2. The van der Waals surface area contributed by atoms with Crippen LogP contribution in [-0.2, 0) is 19.6 Å². The van der Waals surface area contributed by atoms with Crippen molar-refractivity contribution in [1.82, 2.24) is 9.62 Å². The van der Waals surface area contributed by atoms with E-state index in [9.17, 15) is 13.2 Å². The van der Waals surface area contributed by atoms with Crippen LogP contribution in [0.5, 0.6) is 5.75 Å². The number of hydrogen-bond acceptors (Lipinski definition) is 5. The van der Waals surface area contributed by atoms with Gasteiger partial charge < -0.3 is 14.4 Å². The van der Waals surface area contributed by atoms with Gasteiger partial charge in [0.1, 0.15) is 5.75 Å². The van der Waals surface area contributed by atoms with Gasteiger partial charge in [0.25, 0.3) is 5.91 Å². The number of carbonyl (C=O) groups excluding carboxylic acids is 1. The van der Waals surface area contributed by atoms with Gasteiger partial charge in [-0.3, -0.25) is 4.79 Å². The molecule has 0 unspecified atom stereocenters. The van der Waals surface area contributed by atoms with E-state index in [2.05, 4.69) is 4.72 Å². The van der Waals surface area contributed by atoms with Gasteiger partial charge in [0, 0.05) is 19.1 Å². The van der Waals surface area contributed by atoms with Crippen molar-refractivity contribution in [3.8, 4) is 5.75 Å². The Bertz CT molecular complexity index is 639. The van der Waals surface area contributed by atoms with Gasteiger partial charge in [0.05, 0.1) is 18.1 Å². The summed E-state index contributed by atoms with van der Waals surface area (Å²) in [5.74, 6) is 0.354. The minimum atomic E-state index is -3.53. The smallest absolute Gasteiger partial charge is 0.260 e. The van der Waals surface area contributed by atoms with E-state index >= 15 is 0 Å². The molecule has 0 saturated carbocycles. The summed E-state index contributed by atoms with van der Waals surface area (Å²) in [7, 11) is -3.53. The molecule has 134 valence electrons. The molecule has 0 radical (unpaired) electrons. The van der Waals surface area contributed by atoms with Gasteiger partial charge in [0.2, 0.25) is 10.0 Å². The Morgan fingerprint density at radius 2 is 1.92 bits per heavy atom. The van der Waals surface area contributed by atoms with Crippen molar-refractivity contribution in [1.29, 1.82) is 0 Å². The highest BCUT2D eigenvalue weighted by atomic mass is 32.2. The summed E-state index contributed by atoms with van der Waals surface area (Å²) < 4.78 is 37.6. The number of nitrogens with one attached hydrogen (secondary N) is 1. The topological polar surface area (TPSA) is 84.9 Å². The fraction of sp³-hybridized carbons (Fsp3) is 0.562. The maximum Gasteiger partial charge on any atom is 0.260 e. The number of rotatable bonds is 7. The third kappa shape index (κ3) is 5.19. The fourth-order valence-corrected chi connectivity index (χ4v) is 3.51. The molecule has 0 spiro atoms. The highest BCUT2D eigenvalue weighted by Gasteiger charge is 2.18. The zero-order valence-corrected chi connectivity index (χ0v) is 14.8. The molecule has 1 amide bonds. The highest BCUT2D eigenvalue weighted by Crippen LogP contribution is 2.16. The number of nitrogens with zero attached hydrogens (tertiary/aromatic N) is 1. The third-order valence-electron chi connectivity index (χ3n) is 3.83. The van der Waals surface area contributed by atoms with Gasteiger partial charge in [-0.1, -0.05) is 6.92 Å². The lowest BCUT2D eigenvalue weighted by molar-refractivity contribution is -0.137. The van der Waals surface area contributed by atoms with Crippen LogP contribution in [0, 0.1) is 0 Å². The average Bonchev–Trinajstić information content (AvgIpc) is 2.60. The predicted octanol–water partition coefficient (Wildman–Crippen LogP) is 1.00. The van der Waals surface area contributed by atoms with E-state index in [1.807, 2.05) is 13.8 Å². The Morgan fingerprint density at radius 1 is 1.29 bits per heavy atom. The van der Waals surface area contributed by atoms with Crippen LogP contribution in [0.1, 0.15) is 20.3 Å². The van der Waals surface area contributed by atoms with Gasteiger partial charge in [-0.2, -0.15) is 0 Å². The molecule has 1 heterocycles. The Kier molecular flexibility index (Phi) is 6.59. The summed E-state index contributed by atoms with van der Waals surface area (Å²) >= 11 is 0. The monoisotopic (exact) mass is 356 g/mol. The van der Waals surface area contributed by atoms with Crippen LogP contribution in [0.15, 0.2) is 29.2 Å². The van der Waals surface area contributed by atoms with Gasteiger partial charge in [0.15, 0.2) is 6.61 Å². The van der Waals surface area contributed by atoms with E-state index in [-0.39, 0.29) is 23.5 Å². The van der Waals surface area contributed by atoms with Crippen LogP contribution in [0.2, 0.25) is 0 Å². The second-order valence-corrected chi connectivity index (χ2v) is 7.40. The molecule has 1 aliphatic rings. The van der Waals surface area contributed by atoms with Gasteiger partial charge in [-0.25, -0.2) is 13.1 Å². The van der Waals surface area contributed by atoms with Crippen molar-refractivity contribution in [3.63, 3.8) is 0 Å². The average molecular weight is 356 g/mol. The second-order valence-electron chi connectivity index (χ2n) is 5.68. The summed E-state index contributed by atoms with van der Waals surface area (Å²) in [6.45, 7) is 5.88. The normalized spacial score (nSPS) is 16.7. The predicted molar refractivity (Wildman–Crippen MR) is 89.4 cm³/mol. The summed E-state index contributed by atoms with van der Waals surface area (Å²) in [6, 6.07) is 5.92. The summed E-state index contributed by atoms with van der Waals surface area (Å²) in [4.78, 5) is 13.9. The largest absolute Gasteiger partial charge is 0.484 e. The molecule has 0 aliphatic carbocycles. The van der Waals surface area contributed by atoms with Crippen LogP contribution >= 0.6 is 0 Å².